The van der Waals surface area contributed by atoms with Crippen LogP contribution < -0.4 is 10.1 Å². The lowest BCUT2D eigenvalue weighted by molar-refractivity contribution is -0.141. The molecule has 172 valence electrons. The van der Waals surface area contributed by atoms with Gasteiger partial charge in [0.2, 0.25) is 5.91 Å². The second-order valence-corrected chi connectivity index (χ2v) is 15.4. The minimum absolute atomic E-state index is 0.0128. The Hall–Kier alpha value is -2.25. The van der Waals surface area contributed by atoms with E-state index in [-0.39, 0.29) is 40.7 Å². The van der Waals surface area contributed by atoms with E-state index in [9.17, 15) is 9.59 Å². The van der Waals surface area contributed by atoms with Gasteiger partial charge in [-0.1, -0.05) is 32.9 Å². The smallest absolute Gasteiger partial charge is 0.228 e. The number of nitrogens with zero attached hydrogens (tertiary/aromatic N) is 1. The highest BCUT2D eigenvalue weighted by Crippen LogP contribution is 2.41. The Morgan fingerprint density at radius 3 is 2.56 bits per heavy atom. The van der Waals surface area contributed by atoms with Crippen molar-refractivity contribution >= 4 is 30.9 Å². The Morgan fingerprint density at radius 2 is 1.94 bits per heavy atom. The minimum atomic E-state index is -2.02. The van der Waals surface area contributed by atoms with Gasteiger partial charge < -0.3 is 14.5 Å². The number of benzene rings is 1. The third-order valence-corrected chi connectivity index (χ3v) is 12.2. The maximum Gasteiger partial charge on any atom is 0.228 e. The summed E-state index contributed by atoms with van der Waals surface area (Å²) in [6.45, 7) is 13.0. The number of carbonyl (C=O) groups is 2. The first kappa shape index (κ1) is 22.9. The van der Waals surface area contributed by atoms with Crippen LogP contribution in [0.4, 0.5) is 0 Å². The number of methoxy groups -OCH3 is 1. The molecular weight excluding hydrogens is 420 g/mol. The average Bonchev–Trinajstić information content (AvgIpc) is 2.69. The first-order valence-corrected chi connectivity index (χ1v) is 14.3. The summed E-state index contributed by atoms with van der Waals surface area (Å²) in [7, 11) is -0.394. The molecule has 2 heterocycles. The lowest BCUT2D eigenvalue weighted by atomic mass is 9.71. The van der Waals surface area contributed by atoms with Crippen molar-refractivity contribution in [1.82, 2.24) is 10.3 Å². The second-order valence-electron chi connectivity index (χ2n) is 10.7. The molecule has 1 aromatic carbocycles. The van der Waals surface area contributed by atoms with Crippen LogP contribution in [-0.2, 0) is 15.6 Å². The molecule has 1 fully saturated rings. The number of hydrogen-bond acceptors (Lipinski definition) is 5. The van der Waals surface area contributed by atoms with E-state index in [1.54, 1.807) is 7.11 Å². The molecule has 0 radical (unpaired) electrons. The van der Waals surface area contributed by atoms with Gasteiger partial charge in [0.1, 0.15) is 11.3 Å². The summed E-state index contributed by atoms with van der Waals surface area (Å²) in [5.74, 6) is 0.218. The minimum Gasteiger partial charge on any atom is -0.494 e. The Labute approximate surface area is 191 Å². The molecule has 2 aliphatic rings. The number of β-lactam (4-membered cyclic amide) rings is 1. The molecule has 0 unspecified atom stereocenters. The maximum atomic E-state index is 13.5. The Morgan fingerprint density at radius 1 is 1.22 bits per heavy atom. The molecule has 1 N–H and O–H groups in total. The predicted molar refractivity (Wildman–Crippen MR) is 128 cm³/mol. The fourth-order valence-corrected chi connectivity index (χ4v) is 6.16. The van der Waals surface area contributed by atoms with Crippen LogP contribution in [0.5, 0.6) is 5.75 Å². The number of ether oxygens (including phenoxy) is 1. The van der Waals surface area contributed by atoms with Gasteiger partial charge in [-0.15, -0.1) is 0 Å². The molecule has 4 rings (SSSR count). The van der Waals surface area contributed by atoms with Crippen molar-refractivity contribution in [2.75, 3.05) is 7.11 Å². The molecule has 0 bridgehead atoms. The van der Waals surface area contributed by atoms with Crippen LogP contribution in [0.25, 0.3) is 10.9 Å². The number of para-hydroxylation sites is 1. The van der Waals surface area contributed by atoms with E-state index in [0.717, 1.165) is 16.6 Å². The van der Waals surface area contributed by atoms with Gasteiger partial charge in [-0.05, 0) is 50.0 Å². The number of ketones is 1. The molecule has 1 aromatic heterocycles. The van der Waals surface area contributed by atoms with E-state index in [4.69, 9.17) is 14.1 Å². The maximum absolute atomic E-state index is 13.5. The summed E-state index contributed by atoms with van der Waals surface area (Å²) in [4.78, 5) is 30.8. The van der Waals surface area contributed by atoms with Crippen LogP contribution in [-0.4, -0.2) is 44.2 Å². The number of aromatic nitrogens is 1. The van der Waals surface area contributed by atoms with Crippen LogP contribution in [0.3, 0.4) is 0 Å². The number of Topliss-reactive ketones (excluding diaryl/α,β-unsaturated/α-hetero) is 1. The van der Waals surface area contributed by atoms with Crippen LogP contribution >= 0.6 is 0 Å². The molecule has 0 saturated carbocycles. The van der Waals surface area contributed by atoms with E-state index in [2.05, 4.69) is 39.2 Å². The molecular formula is C25H34N2O4Si. The zero-order chi connectivity index (χ0) is 23.4. The van der Waals surface area contributed by atoms with Gasteiger partial charge in [0, 0.05) is 16.9 Å². The van der Waals surface area contributed by atoms with Crippen molar-refractivity contribution in [3.8, 4) is 5.75 Å². The fourth-order valence-electron chi connectivity index (χ4n) is 4.73. The zero-order valence-electron chi connectivity index (χ0n) is 20.1. The number of amides is 1. The Bertz CT molecular complexity index is 1080. The number of fused-ring (bicyclic) bond motifs is 2. The van der Waals surface area contributed by atoms with Crippen molar-refractivity contribution < 1.29 is 18.8 Å². The lowest BCUT2D eigenvalue weighted by Gasteiger charge is -2.48. The SMILES string of the molecule is COc1cccc2cc3c(nc12)CC[C@@H]([C@@H]1NC(=O)[C@@H]1[C@@H](C)O[Si](C)(C)C(C)(C)C)C3=O. The standard InChI is InChI=1S/C25H34N2O4Si/c1-14(31-32(6,7)25(2,3)4)20-22(27-24(20)29)16-11-12-18-17(23(16)28)13-15-9-8-10-19(30-5)21(15)26-18/h8-10,13-14,16,20,22H,11-12H2,1-7H3,(H,27,29)/t14-,16+,20-,22+/m1/s1. The zero-order valence-corrected chi connectivity index (χ0v) is 21.1. The molecule has 2 aromatic rings. The molecule has 0 spiro atoms. The quantitative estimate of drug-likeness (QED) is 0.531. The third kappa shape index (κ3) is 3.75. The third-order valence-electron chi connectivity index (χ3n) is 7.63. The summed E-state index contributed by atoms with van der Waals surface area (Å²) < 4.78 is 12.0. The number of pyridine rings is 1. The number of aryl methyl sites for hydroxylation is 1. The fraction of sp³-hybridized carbons (Fsp3) is 0.560. The highest BCUT2D eigenvalue weighted by Gasteiger charge is 2.52. The second kappa shape index (κ2) is 7.95. The largest absolute Gasteiger partial charge is 0.494 e. The van der Waals surface area contributed by atoms with Gasteiger partial charge in [0.25, 0.3) is 0 Å². The van der Waals surface area contributed by atoms with Crippen molar-refractivity contribution in [3.63, 3.8) is 0 Å². The monoisotopic (exact) mass is 454 g/mol. The summed E-state index contributed by atoms with van der Waals surface area (Å²) in [6.07, 6.45) is 1.16. The van der Waals surface area contributed by atoms with Gasteiger partial charge in [0.15, 0.2) is 14.1 Å². The van der Waals surface area contributed by atoms with E-state index in [1.807, 2.05) is 31.2 Å². The molecule has 1 amide bonds. The van der Waals surface area contributed by atoms with Gasteiger partial charge >= 0.3 is 0 Å². The van der Waals surface area contributed by atoms with Crippen LogP contribution in [0, 0.1) is 11.8 Å². The molecule has 32 heavy (non-hydrogen) atoms. The van der Waals surface area contributed by atoms with E-state index < -0.39 is 8.32 Å². The highest BCUT2D eigenvalue weighted by atomic mass is 28.4. The summed E-state index contributed by atoms with van der Waals surface area (Å²) >= 11 is 0. The van der Waals surface area contributed by atoms with E-state index in [1.165, 1.54) is 0 Å². The van der Waals surface area contributed by atoms with Gasteiger partial charge in [-0.2, -0.15) is 0 Å². The highest BCUT2D eigenvalue weighted by molar-refractivity contribution is 6.74. The first-order valence-electron chi connectivity index (χ1n) is 11.4. The van der Waals surface area contributed by atoms with Crippen LogP contribution in [0.2, 0.25) is 18.1 Å². The normalized spacial score (nSPS) is 24.5. The Kier molecular flexibility index (Phi) is 5.70. The lowest BCUT2D eigenvalue weighted by Crippen LogP contribution is -2.67. The molecule has 1 aliphatic heterocycles. The van der Waals surface area contributed by atoms with E-state index >= 15 is 0 Å². The van der Waals surface area contributed by atoms with Gasteiger partial charge in [-0.3, -0.25) is 9.59 Å². The molecule has 6 nitrogen and oxygen atoms in total. The number of nitrogens with one attached hydrogen (secondary N) is 1. The number of hydrogen-bond donors (Lipinski definition) is 1. The summed E-state index contributed by atoms with van der Waals surface area (Å²) in [5.41, 5.74) is 2.27. The summed E-state index contributed by atoms with van der Waals surface area (Å²) in [5, 5.41) is 3.97. The average molecular weight is 455 g/mol. The molecule has 1 aliphatic carbocycles. The van der Waals surface area contributed by atoms with Crippen molar-refractivity contribution in [3.05, 3.63) is 35.5 Å². The summed E-state index contributed by atoms with van der Waals surface area (Å²) in [6, 6.07) is 7.48. The van der Waals surface area contributed by atoms with Crippen LogP contribution in [0.15, 0.2) is 24.3 Å². The first-order chi connectivity index (χ1) is 14.9. The molecule has 7 heteroatoms. The van der Waals surface area contributed by atoms with Crippen molar-refractivity contribution in [2.24, 2.45) is 11.8 Å². The van der Waals surface area contributed by atoms with Crippen molar-refractivity contribution in [2.45, 2.75) is 70.8 Å². The van der Waals surface area contributed by atoms with Crippen molar-refractivity contribution in [1.29, 1.82) is 0 Å². The Balaban J connectivity index is 1.58. The van der Waals surface area contributed by atoms with E-state index in [0.29, 0.717) is 24.2 Å². The predicted octanol–water partition coefficient (Wildman–Crippen LogP) is 4.51. The van der Waals surface area contributed by atoms with Gasteiger partial charge in [0.05, 0.1) is 30.9 Å². The number of carbonyl (C=O) groups excluding carboxylic acids is 2. The topological polar surface area (TPSA) is 77.5 Å². The molecule has 4 atom stereocenters. The number of rotatable bonds is 5. The van der Waals surface area contributed by atoms with Crippen LogP contribution in [0.1, 0.15) is 50.2 Å². The molecule has 1 saturated heterocycles. The van der Waals surface area contributed by atoms with Gasteiger partial charge in [-0.25, -0.2) is 4.98 Å².